The lowest BCUT2D eigenvalue weighted by molar-refractivity contribution is -0.193. The molecule has 4 heterocycles. The number of carboxylic acids is 2. The van der Waals surface area contributed by atoms with Gasteiger partial charge in [0.05, 0.1) is 31.1 Å². The van der Waals surface area contributed by atoms with Crippen molar-refractivity contribution < 1.29 is 50.9 Å². The first-order valence-electron chi connectivity index (χ1n) is 10.8. The van der Waals surface area contributed by atoms with Crippen molar-refractivity contribution in [1.82, 2.24) is 29.9 Å². The van der Waals surface area contributed by atoms with E-state index in [1.54, 1.807) is 17.5 Å². The van der Waals surface area contributed by atoms with E-state index in [0.717, 1.165) is 36.0 Å². The molecule has 11 nitrogen and oxygen atoms in total. The number of fused-ring (bicyclic) bond motifs is 1. The minimum atomic E-state index is -5.08. The second-order valence-electron chi connectivity index (χ2n) is 7.78. The largest absolute Gasteiger partial charge is 0.490 e. The number of aryl methyl sites for hydroxylation is 1. The van der Waals surface area contributed by atoms with Crippen LogP contribution in [0.15, 0.2) is 36.0 Å². The first kappa shape index (κ1) is 31.6. The van der Waals surface area contributed by atoms with Crippen LogP contribution in [-0.4, -0.2) is 77.5 Å². The molecule has 0 amide bonds. The fourth-order valence-corrected chi connectivity index (χ4v) is 3.92. The van der Waals surface area contributed by atoms with Gasteiger partial charge in [0.15, 0.2) is 0 Å². The van der Waals surface area contributed by atoms with Crippen LogP contribution in [-0.2, 0) is 41.1 Å². The summed E-state index contributed by atoms with van der Waals surface area (Å²) in [6, 6.07) is 5.87. The van der Waals surface area contributed by atoms with Crippen LogP contribution in [0.1, 0.15) is 28.0 Å². The number of pyridine rings is 1. The molecule has 1 aliphatic rings. The highest BCUT2D eigenvalue weighted by Crippen LogP contribution is 2.28. The Labute approximate surface area is 220 Å². The van der Waals surface area contributed by atoms with E-state index in [-0.39, 0.29) is 5.92 Å². The third-order valence-corrected chi connectivity index (χ3v) is 5.57. The summed E-state index contributed by atoms with van der Waals surface area (Å²) >= 11 is 1.69. The molecule has 1 aliphatic heterocycles. The Morgan fingerprint density at radius 3 is 2.23 bits per heavy atom. The highest BCUT2D eigenvalue weighted by atomic mass is 32.1. The Kier molecular flexibility index (Phi) is 11.3. The van der Waals surface area contributed by atoms with Crippen molar-refractivity contribution in [2.45, 2.75) is 38.0 Å². The molecule has 1 unspecified atom stereocenters. The minimum absolute atomic E-state index is 0.243. The summed E-state index contributed by atoms with van der Waals surface area (Å²) in [7, 11) is 1.95. The lowest BCUT2D eigenvalue weighted by atomic mass is 9.99. The molecule has 0 aliphatic carbocycles. The van der Waals surface area contributed by atoms with Crippen molar-refractivity contribution in [3.8, 4) is 0 Å². The maximum atomic E-state index is 10.6. The number of carbonyl (C=O) groups is 2. The quantitative estimate of drug-likeness (QED) is 0.415. The van der Waals surface area contributed by atoms with Gasteiger partial charge in [-0.25, -0.2) is 14.6 Å². The minimum Gasteiger partial charge on any atom is -0.475 e. The lowest BCUT2D eigenvalue weighted by Gasteiger charge is -2.31. The van der Waals surface area contributed by atoms with Gasteiger partial charge in [0.1, 0.15) is 10.7 Å². The zero-order chi connectivity index (χ0) is 29.2. The Morgan fingerprint density at radius 1 is 1.08 bits per heavy atom. The van der Waals surface area contributed by atoms with Crippen LogP contribution in [0.25, 0.3) is 0 Å². The van der Waals surface area contributed by atoms with Gasteiger partial charge in [0, 0.05) is 43.8 Å². The van der Waals surface area contributed by atoms with E-state index in [1.807, 2.05) is 41.5 Å². The number of hydrogen-bond donors (Lipinski definition) is 2. The molecule has 0 fully saturated rings. The maximum Gasteiger partial charge on any atom is 0.490 e. The zero-order valence-electron chi connectivity index (χ0n) is 20.1. The average molecular weight is 584 g/mol. The number of aliphatic carboxylic acids is 2. The van der Waals surface area contributed by atoms with Crippen molar-refractivity contribution in [2.75, 3.05) is 13.2 Å². The Bertz CT molecular complexity index is 1170. The molecular weight excluding hydrogens is 562 g/mol. The van der Waals surface area contributed by atoms with Gasteiger partial charge in [-0.05, 0) is 12.1 Å². The average Bonchev–Trinajstić information content (AvgIpc) is 3.49. The van der Waals surface area contributed by atoms with Crippen molar-refractivity contribution in [1.29, 1.82) is 0 Å². The monoisotopic (exact) mass is 584 g/mol. The highest BCUT2D eigenvalue weighted by molar-refractivity contribution is 7.09. The molecule has 0 radical (unpaired) electrons. The fourth-order valence-electron chi connectivity index (χ4n) is 3.26. The molecule has 0 bridgehead atoms. The molecule has 4 rings (SSSR count). The number of ether oxygens (including phenoxy) is 1. The van der Waals surface area contributed by atoms with Crippen LogP contribution in [0.2, 0.25) is 0 Å². The van der Waals surface area contributed by atoms with Crippen molar-refractivity contribution in [3.05, 3.63) is 58.1 Å². The van der Waals surface area contributed by atoms with Crippen molar-refractivity contribution in [3.63, 3.8) is 0 Å². The number of thiazole rings is 1. The third kappa shape index (κ3) is 10.6. The number of aromatic nitrogens is 5. The predicted molar refractivity (Wildman–Crippen MR) is 121 cm³/mol. The van der Waals surface area contributed by atoms with Crippen LogP contribution in [0.5, 0.6) is 0 Å². The van der Waals surface area contributed by atoms with Crippen molar-refractivity contribution >= 4 is 23.3 Å². The Balaban J connectivity index is 0.000000317. The topological polar surface area (TPSA) is 144 Å². The maximum absolute atomic E-state index is 10.6. The van der Waals surface area contributed by atoms with E-state index in [4.69, 9.17) is 24.5 Å². The molecular formula is C21H22F6N6O5S. The second-order valence-corrected chi connectivity index (χ2v) is 8.76. The molecule has 2 N–H and O–H groups in total. The summed E-state index contributed by atoms with van der Waals surface area (Å²) in [4.78, 5) is 28.9. The molecule has 0 aromatic carbocycles. The van der Waals surface area contributed by atoms with Crippen LogP contribution in [0.4, 0.5) is 26.3 Å². The van der Waals surface area contributed by atoms with E-state index in [9.17, 15) is 26.3 Å². The first-order valence-corrected chi connectivity index (χ1v) is 11.6. The summed E-state index contributed by atoms with van der Waals surface area (Å²) in [5.41, 5.74) is 3.16. The number of rotatable bonds is 6. The molecule has 1 atom stereocenters. The predicted octanol–water partition coefficient (Wildman–Crippen LogP) is 3.25. The van der Waals surface area contributed by atoms with Gasteiger partial charge in [-0.1, -0.05) is 11.3 Å². The molecule has 0 saturated heterocycles. The standard InChI is InChI=1S/C17H20N6OS.2C2HF3O2/c1-22-17-13(11-24-12-14-4-2-3-5-18-14)8-23(9-15(17)20-21-22)10-16-19-6-7-25-16;2*3-2(4,5)1(6)7/h2-7,13H,8-12H2,1H3;2*(H,6,7). The van der Waals surface area contributed by atoms with Crippen LogP contribution in [0, 0.1) is 0 Å². The van der Waals surface area contributed by atoms with Crippen LogP contribution in [0.3, 0.4) is 0 Å². The summed E-state index contributed by atoms with van der Waals surface area (Å²) in [5.74, 6) is -5.27. The second kappa shape index (κ2) is 13.9. The summed E-state index contributed by atoms with van der Waals surface area (Å²) in [5, 5.41) is 25.9. The van der Waals surface area contributed by atoms with Gasteiger partial charge in [0.2, 0.25) is 0 Å². The van der Waals surface area contributed by atoms with E-state index in [1.165, 1.54) is 5.69 Å². The summed E-state index contributed by atoms with van der Waals surface area (Å²) in [6.45, 7) is 3.70. The number of hydrogen-bond acceptors (Lipinski definition) is 9. The molecule has 3 aromatic heterocycles. The Morgan fingerprint density at radius 2 is 1.72 bits per heavy atom. The summed E-state index contributed by atoms with van der Waals surface area (Å²) < 4.78 is 71.3. The molecule has 39 heavy (non-hydrogen) atoms. The van der Waals surface area contributed by atoms with Crippen LogP contribution < -0.4 is 0 Å². The van der Waals surface area contributed by atoms with Gasteiger partial charge in [0.25, 0.3) is 0 Å². The van der Waals surface area contributed by atoms with E-state index in [0.29, 0.717) is 13.2 Å². The van der Waals surface area contributed by atoms with Gasteiger partial charge < -0.3 is 14.9 Å². The molecule has 18 heteroatoms. The summed E-state index contributed by atoms with van der Waals surface area (Å²) in [6.07, 6.45) is -6.52. The van der Waals surface area contributed by atoms with E-state index in [2.05, 4.69) is 25.2 Å². The lowest BCUT2D eigenvalue weighted by Crippen LogP contribution is -2.36. The highest BCUT2D eigenvalue weighted by Gasteiger charge is 2.39. The number of halogens is 6. The molecule has 214 valence electrons. The molecule has 0 saturated carbocycles. The van der Waals surface area contributed by atoms with Crippen molar-refractivity contribution in [2.24, 2.45) is 7.05 Å². The number of nitrogens with zero attached hydrogens (tertiary/aromatic N) is 6. The van der Waals surface area contributed by atoms with Crippen LogP contribution >= 0.6 is 11.3 Å². The van der Waals surface area contributed by atoms with Gasteiger partial charge >= 0.3 is 24.3 Å². The van der Waals surface area contributed by atoms with E-state index >= 15 is 0 Å². The van der Waals surface area contributed by atoms with E-state index < -0.39 is 24.3 Å². The molecule has 0 spiro atoms. The fraction of sp³-hybridized carbons (Fsp3) is 0.429. The Hall–Kier alpha value is -3.64. The molecule has 3 aromatic rings. The SMILES string of the molecule is Cn1nnc2c1C(COCc1ccccn1)CN(Cc1nccs1)C2.O=C(O)C(F)(F)F.O=C(O)C(F)(F)F. The normalized spacial score (nSPS) is 15.3. The van der Waals surface area contributed by atoms with Gasteiger partial charge in [-0.2, -0.15) is 26.3 Å². The van der Waals surface area contributed by atoms with Gasteiger partial charge in [-0.15, -0.1) is 16.4 Å². The first-order chi connectivity index (χ1) is 18.2. The number of alkyl halides is 6. The zero-order valence-corrected chi connectivity index (χ0v) is 20.9. The van der Waals surface area contributed by atoms with Gasteiger partial charge in [-0.3, -0.25) is 14.6 Å². The number of carboxylic acid groups (broad SMARTS) is 2. The smallest absolute Gasteiger partial charge is 0.475 e. The third-order valence-electron chi connectivity index (χ3n) is 4.81.